The minimum absolute atomic E-state index is 0.135. The van der Waals surface area contributed by atoms with Crippen molar-refractivity contribution < 1.29 is 14.3 Å². The molecule has 3 N–H and O–H groups in total. The summed E-state index contributed by atoms with van der Waals surface area (Å²) in [6.07, 6.45) is 1.69. The average Bonchev–Trinajstić information content (AvgIpc) is 3.12. The number of aromatic nitrogens is 2. The van der Waals surface area contributed by atoms with Crippen molar-refractivity contribution in [2.75, 3.05) is 17.7 Å². The van der Waals surface area contributed by atoms with E-state index in [4.69, 9.17) is 10.5 Å². The lowest BCUT2D eigenvalue weighted by atomic mass is 10.2. The van der Waals surface area contributed by atoms with Gasteiger partial charge in [-0.2, -0.15) is 0 Å². The Morgan fingerprint density at radius 3 is 2.88 bits per heavy atom. The van der Waals surface area contributed by atoms with Gasteiger partial charge in [-0.25, -0.2) is 9.97 Å². The predicted molar refractivity (Wildman–Crippen MR) is 99.2 cm³/mol. The molecule has 0 aliphatic heterocycles. The van der Waals surface area contributed by atoms with E-state index in [2.05, 4.69) is 15.3 Å². The van der Waals surface area contributed by atoms with Gasteiger partial charge in [-0.05, 0) is 26.0 Å². The highest BCUT2D eigenvalue weighted by molar-refractivity contribution is 7.21. The van der Waals surface area contributed by atoms with Crippen molar-refractivity contribution in [3.8, 4) is 0 Å². The topological polar surface area (TPSA) is 107 Å². The first kappa shape index (κ1) is 17.3. The van der Waals surface area contributed by atoms with E-state index >= 15 is 0 Å². The number of carbonyl (C=O) groups excluding carboxylic acids is 2. The smallest absolute Gasteiger partial charge is 0.311 e. The van der Waals surface area contributed by atoms with Crippen LogP contribution >= 0.6 is 22.7 Å². The fraction of sp³-hybridized carbons (Fsp3) is 0.250. The molecule has 1 amide bonds. The summed E-state index contributed by atoms with van der Waals surface area (Å²) in [5, 5.41) is 3.89. The second kappa shape index (κ2) is 7.16. The Morgan fingerprint density at radius 1 is 1.32 bits per heavy atom. The van der Waals surface area contributed by atoms with Crippen LogP contribution in [0.15, 0.2) is 18.3 Å². The molecule has 0 unspecified atom stereocenters. The number of hydrogen-bond acceptors (Lipinski definition) is 8. The summed E-state index contributed by atoms with van der Waals surface area (Å²) in [5.41, 5.74) is 7.35. The van der Waals surface area contributed by atoms with Gasteiger partial charge in [0.1, 0.15) is 9.71 Å². The lowest BCUT2D eigenvalue weighted by Crippen LogP contribution is -2.11. The maximum absolute atomic E-state index is 12.5. The number of thiazole rings is 1. The first-order valence-electron chi connectivity index (χ1n) is 7.55. The van der Waals surface area contributed by atoms with E-state index in [1.165, 1.54) is 22.7 Å². The van der Waals surface area contributed by atoms with Gasteiger partial charge in [-0.3, -0.25) is 14.9 Å². The molecule has 3 aromatic heterocycles. The highest BCUT2D eigenvalue weighted by Crippen LogP contribution is 2.33. The maximum Gasteiger partial charge on any atom is 0.311 e. The van der Waals surface area contributed by atoms with Gasteiger partial charge in [0.15, 0.2) is 5.13 Å². The minimum atomic E-state index is -0.338. The van der Waals surface area contributed by atoms with Crippen LogP contribution in [0.1, 0.15) is 27.2 Å². The Morgan fingerprint density at radius 2 is 2.12 bits per heavy atom. The summed E-state index contributed by atoms with van der Waals surface area (Å²) >= 11 is 2.47. The quantitative estimate of drug-likeness (QED) is 0.663. The van der Waals surface area contributed by atoms with Crippen LogP contribution in [0.2, 0.25) is 0 Å². The first-order valence-corrected chi connectivity index (χ1v) is 9.18. The van der Waals surface area contributed by atoms with E-state index in [0.717, 1.165) is 20.8 Å². The van der Waals surface area contributed by atoms with Crippen molar-refractivity contribution in [3.63, 3.8) is 0 Å². The molecule has 0 saturated carbocycles. The molecule has 9 heteroatoms. The van der Waals surface area contributed by atoms with Gasteiger partial charge in [0.05, 0.1) is 18.7 Å². The van der Waals surface area contributed by atoms with E-state index in [-0.39, 0.29) is 18.3 Å². The van der Waals surface area contributed by atoms with Gasteiger partial charge in [-0.15, -0.1) is 22.7 Å². The summed E-state index contributed by atoms with van der Waals surface area (Å²) in [6, 6.07) is 3.72. The summed E-state index contributed by atoms with van der Waals surface area (Å²) in [7, 11) is 0. The van der Waals surface area contributed by atoms with Gasteiger partial charge in [0.2, 0.25) is 0 Å². The molecule has 130 valence electrons. The van der Waals surface area contributed by atoms with E-state index in [0.29, 0.717) is 22.3 Å². The number of fused-ring (bicyclic) bond motifs is 1. The van der Waals surface area contributed by atoms with Crippen molar-refractivity contribution in [1.29, 1.82) is 0 Å². The molecule has 3 rings (SSSR count). The van der Waals surface area contributed by atoms with Crippen LogP contribution in [0, 0.1) is 6.92 Å². The number of hydrogen-bond donors (Lipinski definition) is 2. The van der Waals surface area contributed by atoms with Gasteiger partial charge in [-0.1, -0.05) is 0 Å². The van der Waals surface area contributed by atoms with Crippen molar-refractivity contribution in [2.24, 2.45) is 0 Å². The third kappa shape index (κ3) is 3.77. The molecular formula is C16H16N4O3S2. The van der Waals surface area contributed by atoms with E-state index in [1.54, 1.807) is 13.1 Å². The van der Waals surface area contributed by atoms with Crippen LogP contribution in [-0.4, -0.2) is 28.5 Å². The number of thiophene rings is 1. The summed E-state index contributed by atoms with van der Waals surface area (Å²) in [4.78, 5) is 34.3. The molecular weight excluding hydrogens is 360 g/mol. The molecule has 0 aliphatic carbocycles. The second-order valence-electron chi connectivity index (χ2n) is 5.22. The lowest BCUT2D eigenvalue weighted by molar-refractivity contribution is -0.142. The Kier molecular flexibility index (Phi) is 4.95. The van der Waals surface area contributed by atoms with Gasteiger partial charge >= 0.3 is 5.97 Å². The van der Waals surface area contributed by atoms with Gasteiger partial charge in [0, 0.05) is 22.2 Å². The van der Waals surface area contributed by atoms with E-state index < -0.39 is 0 Å². The third-order valence-corrected chi connectivity index (χ3v) is 5.36. The average molecular weight is 376 g/mol. The molecule has 0 spiro atoms. The molecule has 25 heavy (non-hydrogen) atoms. The van der Waals surface area contributed by atoms with Crippen LogP contribution in [0.3, 0.4) is 0 Å². The summed E-state index contributed by atoms with van der Waals surface area (Å²) < 4.78 is 4.90. The SMILES string of the molecule is CCOC(=O)Cc1cnc(NC(=O)c2sc3nc(C)ccc3c2N)s1. The van der Waals surface area contributed by atoms with Gasteiger partial charge < -0.3 is 10.5 Å². The molecule has 0 radical (unpaired) electrons. The number of nitrogens with zero attached hydrogens (tertiary/aromatic N) is 2. The number of rotatable bonds is 5. The Balaban J connectivity index is 1.75. The predicted octanol–water partition coefficient (Wildman–Crippen LogP) is 3.00. The normalized spacial score (nSPS) is 10.8. The van der Waals surface area contributed by atoms with Crippen molar-refractivity contribution >= 4 is 55.6 Å². The van der Waals surface area contributed by atoms with Crippen LogP contribution in [-0.2, 0) is 16.0 Å². The highest BCUT2D eigenvalue weighted by Gasteiger charge is 2.19. The number of carbonyl (C=O) groups is 2. The van der Waals surface area contributed by atoms with Crippen molar-refractivity contribution in [1.82, 2.24) is 9.97 Å². The van der Waals surface area contributed by atoms with Crippen LogP contribution in [0.4, 0.5) is 10.8 Å². The molecule has 0 aliphatic rings. The Hall–Kier alpha value is -2.52. The number of nitrogen functional groups attached to an aromatic ring is 1. The molecule has 0 atom stereocenters. The molecule has 3 heterocycles. The Labute approximate surface area is 151 Å². The standard InChI is InChI=1S/C16H16N4O3S2/c1-3-23-11(21)6-9-7-18-16(24-9)20-14(22)13-12(17)10-5-4-8(2)19-15(10)25-13/h4-5,7H,3,6,17H2,1-2H3,(H,18,20,22). The van der Waals surface area contributed by atoms with E-state index in [1.807, 2.05) is 19.1 Å². The van der Waals surface area contributed by atoms with Crippen LogP contribution in [0.5, 0.6) is 0 Å². The number of aryl methyl sites for hydroxylation is 1. The van der Waals surface area contributed by atoms with Gasteiger partial charge in [0.25, 0.3) is 5.91 Å². The number of pyridine rings is 1. The first-order chi connectivity index (χ1) is 12.0. The van der Waals surface area contributed by atoms with Crippen molar-refractivity contribution in [2.45, 2.75) is 20.3 Å². The monoisotopic (exact) mass is 376 g/mol. The van der Waals surface area contributed by atoms with Crippen molar-refractivity contribution in [3.05, 3.63) is 33.8 Å². The molecule has 0 bridgehead atoms. The lowest BCUT2D eigenvalue weighted by Gasteiger charge is -2.00. The zero-order chi connectivity index (χ0) is 18.0. The zero-order valence-corrected chi connectivity index (χ0v) is 15.3. The number of anilines is 2. The molecule has 3 aromatic rings. The highest BCUT2D eigenvalue weighted by atomic mass is 32.1. The molecule has 0 saturated heterocycles. The van der Waals surface area contributed by atoms with Crippen LogP contribution in [0.25, 0.3) is 10.2 Å². The number of ether oxygens (including phenoxy) is 1. The fourth-order valence-corrected chi connectivity index (χ4v) is 4.04. The minimum Gasteiger partial charge on any atom is -0.466 e. The third-order valence-electron chi connectivity index (χ3n) is 3.34. The Bertz CT molecular complexity index is 948. The maximum atomic E-state index is 12.5. The number of nitrogens with two attached hydrogens (primary N) is 1. The molecule has 0 fully saturated rings. The molecule has 7 nitrogen and oxygen atoms in total. The molecule has 0 aromatic carbocycles. The van der Waals surface area contributed by atoms with Crippen LogP contribution < -0.4 is 11.1 Å². The second-order valence-corrected chi connectivity index (χ2v) is 7.33. The van der Waals surface area contributed by atoms with E-state index in [9.17, 15) is 9.59 Å². The number of nitrogens with one attached hydrogen (secondary N) is 1. The zero-order valence-electron chi connectivity index (χ0n) is 13.7. The largest absolute Gasteiger partial charge is 0.466 e. The summed E-state index contributed by atoms with van der Waals surface area (Å²) in [5.74, 6) is -0.658. The number of amides is 1. The fourth-order valence-electron chi connectivity index (χ4n) is 2.21. The summed E-state index contributed by atoms with van der Waals surface area (Å²) in [6.45, 7) is 3.97. The number of esters is 1.